The van der Waals surface area contributed by atoms with Crippen LogP contribution in [0.25, 0.3) is 11.0 Å². The van der Waals surface area contributed by atoms with E-state index in [0.717, 1.165) is 49.9 Å². The second-order valence-corrected chi connectivity index (χ2v) is 8.49. The normalized spacial score (nSPS) is 17.8. The minimum Gasteiger partial charge on any atom is -0.352 e. The van der Waals surface area contributed by atoms with Crippen molar-refractivity contribution >= 4 is 22.8 Å². The molecule has 0 radical (unpaired) electrons. The van der Waals surface area contributed by atoms with E-state index in [1.54, 1.807) is 6.07 Å². The average molecular weight is 398 g/mol. The van der Waals surface area contributed by atoms with Crippen LogP contribution in [0.2, 0.25) is 0 Å². The predicted octanol–water partition coefficient (Wildman–Crippen LogP) is 2.51. The van der Waals surface area contributed by atoms with Crippen molar-refractivity contribution in [1.29, 1.82) is 0 Å². The van der Waals surface area contributed by atoms with Gasteiger partial charge in [0.15, 0.2) is 5.82 Å². The van der Waals surface area contributed by atoms with Gasteiger partial charge in [-0.05, 0) is 58.1 Å². The highest BCUT2D eigenvalue weighted by atomic mass is 16.2. The fourth-order valence-electron chi connectivity index (χ4n) is 4.54. The van der Waals surface area contributed by atoms with Gasteiger partial charge in [-0.2, -0.15) is 0 Å². The molecular weight excluding hydrogens is 366 g/mol. The molecule has 1 N–H and O–H groups in total. The number of imidazole rings is 1. The molecule has 1 fully saturated rings. The number of hydrogen-bond donors (Lipinski definition) is 1. The quantitative estimate of drug-likeness (QED) is 0.761. The number of nitrogens with zero attached hydrogens (tertiary/aromatic N) is 4. The van der Waals surface area contributed by atoms with E-state index in [1.807, 2.05) is 35.7 Å². The smallest absolute Gasteiger partial charge is 0.290 e. The lowest BCUT2D eigenvalue weighted by Crippen LogP contribution is -2.47. The van der Waals surface area contributed by atoms with E-state index >= 15 is 0 Å². The number of hydrogen-bond acceptors (Lipinski definition) is 4. The number of carbonyl (C=O) groups excluding carboxylic acids is 2. The second-order valence-electron chi connectivity index (χ2n) is 8.49. The molecule has 1 aromatic heterocycles. The molecule has 0 spiro atoms. The largest absolute Gasteiger partial charge is 0.352 e. The molecule has 7 heteroatoms. The van der Waals surface area contributed by atoms with E-state index in [4.69, 9.17) is 0 Å². The van der Waals surface area contributed by atoms with Gasteiger partial charge in [0, 0.05) is 31.2 Å². The standard InChI is InChI=1S/C22H31N5O2/c1-25(2)12-6-11-23-21(28)16-9-10-19-18(15-16)24-20-22(29)26(13-14-27(19)20)17-7-4-3-5-8-17/h9-10,15,17H,3-8,11-14H2,1-2H3,(H,23,28). The lowest BCUT2D eigenvalue weighted by molar-refractivity contribution is 0.0566. The fraction of sp³-hybridized carbons (Fsp3) is 0.591. The molecule has 29 heavy (non-hydrogen) atoms. The Hall–Kier alpha value is -2.41. The van der Waals surface area contributed by atoms with Crippen LogP contribution >= 0.6 is 0 Å². The molecule has 2 aromatic rings. The second kappa shape index (κ2) is 8.53. The first-order chi connectivity index (χ1) is 14.0. The summed E-state index contributed by atoms with van der Waals surface area (Å²) in [4.78, 5) is 34.3. The van der Waals surface area contributed by atoms with E-state index in [1.165, 1.54) is 19.3 Å². The summed E-state index contributed by atoms with van der Waals surface area (Å²) in [5, 5.41) is 2.96. The van der Waals surface area contributed by atoms with Crippen LogP contribution in [0.1, 0.15) is 59.5 Å². The first-order valence-electron chi connectivity index (χ1n) is 10.8. The molecule has 0 atom stereocenters. The van der Waals surface area contributed by atoms with Crippen molar-refractivity contribution in [2.24, 2.45) is 0 Å². The fourth-order valence-corrected chi connectivity index (χ4v) is 4.54. The molecule has 0 saturated heterocycles. The first-order valence-corrected chi connectivity index (χ1v) is 10.8. The van der Waals surface area contributed by atoms with Gasteiger partial charge in [-0.15, -0.1) is 0 Å². The lowest BCUT2D eigenvalue weighted by atomic mass is 9.94. The van der Waals surface area contributed by atoms with Crippen molar-refractivity contribution in [2.45, 2.75) is 51.1 Å². The molecule has 4 rings (SSSR count). The third kappa shape index (κ3) is 4.15. The summed E-state index contributed by atoms with van der Waals surface area (Å²) in [7, 11) is 4.04. The van der Waals surface area contributed by atoms with Crippen LogP contribution in [0.5, 0.6) is 0 Å². The monoisotopic (exact) mass is 397 g/mol. The number of rotatable bonds is 6. The molecule has 0 unspecified atom stereocenters. The number of fused-ring (bicyclic) bond motifs is 3. The molecule has 1 aromatic carbocycles. The van der Waals surface area contributed by atoms with Crippen molar-refractivity contribution in [1.82, 2.24) is 24.7 Å². The van der Waals surface area contributed by atoms with Gasteiger partial charge in [0.05, 0.1) is 11.0 Å². The lowest BCUT2D eigenvalue weighted by Gasteiger charge is -2.36. The zero-order valence-electron chi connectivity index (χ0n) is 17.5. The summed E-state index contributed by atoms with van der Waals surface area (Å²) >= 11 is 0. The summed E-state index contributed by atoms with van der Waals surface area (Å²) in [6.45, 7) is 3.09. The number of carbonyl (C=O) groups is 2. The van der Waals surface area contributed by atoms with Gasteiger partial charge >= 0.3 is 0 Å². The molecule has 2 amide bonds. The Labute approximate surface area is 172 Å². The maximum Gasteiger partial charge on any atom is 0.290 e. The third-order valence-electron chi connectivity index (χ3n) is 6.11. The number of nitrogens with one attached hydrogen (secondary N) is 1. The number of aromatic nitrogens is 2. The van der Waals surface area contributed by atoms with Gasteiger partial charge in [0.2, 0.25) is 0 Å². The summed E-state index contributed by atoms with van der Waals surface area (Å²) in [5.74, 6) is 0.459. The predicted molar refractivity (Wildman–Crippen MR) is 113 cm³/mol. The van der Waals surface area contributed by atoms with Crippen LogP contribution in [0, 0.1) is 0 Å². The van der Waals surface area contributed by atoms with Crippen LogP contribution in [-0.4, -0.2) is 70.9 Å². The molecule has 2 heterocycles. The van der Waals surface area contributed by atoms with Gasteiger partial charge in [-0.1, -0.05) is 19.3 Å². The van der Waals surface area contributed by atoms with Crippen LogP contribution in [-0.2, 0) is 6.54 Å². The van der Waals surface area contributed by atoms with Crippen LogP contribution in [0.3, 0.4) is 0 Å². The van der Waals surface area contributed by atoms with Gasteiger partial charge in [0.25, 0.3) is 11.8 Å². The Morgan fingerprint density at radius 1 is 1.21 bits per heavy atom. The van der Waals surface area contributed by atoms with E-state index in [0.29, 0.717) is 24.0 Å². The molecule has 156 valence electrons. The van der Waals surface area contributed by atoms with Gasteiger partial charge < -0.3 is 19.7 Å². The van der Waals surface area contributed by atoms with Crippen LogP contribution in [0.15, 0.2) is 18.2 Å². The first kappa shape index (κ1) is 19.9. The molecule has 0 bridgehead atoms. The highest BCUT2D eigenvalue weighted by molar-refractivity contribution is 6.00. The van der Waals surface area contributed by atoms with Crippen molar-refractivity contribution < 1.29 is 9.59 Å². The minimum absolute atomic E-state index is 0.0361. The molecule has 1 saturated carbocycles. The maximum absolute atomic E-state index is 13.1. The van der Waals surface area contributed by atoms with E-state index in [9.17, 15) is 9.59 Å². The summed E-state index contributed by atoms with van der Waals surface area (Å²) in [6, 6.07) is 5.91. The van der Waals surface area contributed by atoms with E-state index in [-0.39, 0.29) is 11.8 Å². The molecular formula is C22H31N5O2. The van der Waals surface area contributed by atoms with Crippen molar-refractivity contribution in [2.75, 3.05) is 33.7 Å². The highest BCUT2D eigenvalue weighted by Gasteiger charge is 2.33. The van der Waals surface area contributed by atoms with Crippen molar-refractivity contribution in [3.63, 3.8) is 0 Å². The molecule has 7 nitrogen and oxygen atoms in total. The molecule has 1 aliphatic heterocycles. The topological polar surface area (TPSA) is 70.5 Å². The van der Waals surface area contributed by atoms with Gasteiger partial charge in [-0.25, -0.2) is 4.98 Å². The van der Waals surface area contributed by atoms with Crippen molar-refractivity contribution in [3.05, 3.63) is 29.6 Å². The zero-order chi connectivity index (χ0) is 20.4. The Bertz CT molecular complexity index is 898. The molecule has 2 aliphatic rings. The Morgan fingerprint density at radius 2 is 2.00 bits per heavy atom. The van der Waals surface area contributed by atoms with Crippen LogP contribution < -0.4 is 5.32 Å². The number of amides is 2. The minimum atomic E-state index is -0.0909. The SMILES string of the molecule is CN(C)CCCNC(=O)c1ccc2c(c1)nc1n2CCN(C2CCCCC2)C1=O. The van der Waals surface area contributed by atoms with E-state index < -0.39 is 0 Å². The third-order valence-corrected chi connectivity index (χ3v) is 6.11. The summed E-state index contributed by atoms with van der Waals surface area (Å²) < 4.78 is 2.01. The summed E-state index contributed by atoms with van der Waals surface area (Å²) in [6.07, 6.45) is 6.80. The van der Waals surface area contributed by atoms with Gasteiger partial charge in [-0.3, -0.25) is 9.59 Å². The van der Waals surface area contributed by atoms with Crippen LogP contribution in [0.4, 0.5) is 0 Å². The summed E-state index contributed by atoms with van der Waals surface area (Å²) in [5.41, 5.74) is 2.25. The van der Waals surface area contributed by atoms with Gasteiger partial charge in [0.1, 0.15) is 0 Å². The average Bonchev–Trinajstić information content (AvgIpc) is 3.10. The Balaban J connectivity index is 1.50. The maximum atomic E-state index is 13.1. The zero-order valence-corrected chi connectivity index (χ0v) is 17.5. The Kier molecular flexibility index (Phi) is 5.85. The Morgan fingerprint density at radius 3 is 2.76 bits per heavy atom. The van der Waals surface area contributed by atoms with Crippen molar-refractivity contribution in [3.8, 4) is 0 Å². The van der Waals surface area contributed by atoms with E-state index in [2.05, 4.69) is 15.2 Å². The number of benzene rings is 1. The molecule has 1 aliphatic carbocycles. The highest BCUT2D eigenvalue weighted by Crippen LogP contribution is 2.28.